The summed E-state index contributed by atoms with van der Waals surface area (Å²) in [5.41, 5.74) is 4.43. The number of aromatic nitrogens is 2. The molecule has 0 spiro atoms. The molecule has 0 fully saturated rings. The van der Waals surface area contributed by atoms with Gasteiger partial charge in [-0.2, -0.15) is 5.10 Å². The smallest absolute Gasteiger partial charge is 0.0660 e. The predicted molar refractivity (Wildman–Crippen MR) is 72.7 cm³/mol. The van der Waals surface area contributed by atoms with Gasteiger partial charge in [0, 0.05) is 24.5 Å². The van der Waals surface area contributed by atoms with Crippen LogP contribution in [-0.4, -0.2) is 21.2 Å². The number of fused-ring (bicyclic) bond motifs is 3. The topological polar surface area (TPSA) is 21.1 Å². The zero-order chi connectivity index (χ0) is 11.9. The third-order valence-electron chi connectivity index (χ3n) is 4.05. The Labute approximate surface area is 111 Å². The minimum Gasteiger partial charge on any atom is -0.291 e. The maximum absolute atomic E-state index is 4.76. The molecule has 0 N–H and O–H groups in total. The van der Waals surface area contributed by atoms with E-state index in [-0.39, 0.29) is 0 Å². The van der Waals surface area contributed by atoms with Crippen molar-refractivity contribution in [2.75, 3.05) is 6.54 Å². The lowest BCUT2D eigenvalue weighted by molar-refractivity contribution is 0.205. The first-order valence-corrected chi connectivity index (χ1v) is 7.60. The van der Waals surface area contributed by atoms with Crippen LogP contribution in [0.4, 0.5) is 0 Å². The summed E-state index contributed by atoms with van der Waals surface area (Å²) in [5.74, 6) is 0. The van der Waals surface area contributed by atoms with Crippen LogP contribution in [0.1, 0.15) is 28.2 Å². The zero-order valence-electron chi connectivity index (χ0n) is 10.4. The van der Waals surface area contributed by atoms with E-state index in [2.05, 4.69) is 27.1 Å². The molecule has 3 heterocycles. The van der Waals surface area contributed by atoms with E-state index in [9.17, 15) is 0 Å². The molecule has 18 heavy (non-hydrogen) atoms. The number of rotatable bonds is 2. The average molecular weight is 259 g/mol. The first kappa shape index (κ1) is 10.8. The van der Waals surface area contributed by atoms with Crippen molar-refractivity contribution in [3.63, 3.8) is 0 Å². The second kappa shape index (κ2) is 4.21. The number of aryl methyl sites for hydroxylation is 1. The van der Waals surface area contributed by atoms with Crippen molar-refractivity contribution >= 4 is 11.3 Å². The van der Waals surface area contributed by atoms with Gasteiger partial charge in [-0.3, -0.25) is 9.58 Å². The van der Waals surface area contributed by atoms with E-state index in [0.29, 0.717) is 0 Å². The van der Waals surface area contributed by atoms with Crippen LogP contribution in [0.2, 0.25) is 0 Å². The third kappa shape index (κ3) is 1.71. The molecule has 2 aromatic heterocycles. The van der Waals surface area contributed by atoms with E-state index in [1.165, 1.54) is 35.5 Å². The van der Waals surface area contributed by atoms with Crippen LogP contribution in [0.3, 0.4) is 0 Å². The Bertz CT molecular complexity index is 556. The molecular weight excluding hydrogens is 242 g/mol. The normalized spacial score (nSPS) is 18.9. The fraction of sp³-hybridized carbons (Fsp3) is 0.500. The van der Waals surface area contributed by atoms with Crippen molar-refractivity contribution in [2.45, 2.75) is 38.9 Å². The molecule has 2 aromatic rings. The van der Waals surface area contributed by atoms with E-state index in [1.54, 1.807) is 5.56 Å². The number of hydrogen-bond donors (Lipinski definition) is 0. The summed E-state index contributed by atoms with van der Waals surface area (Å²) in [7, 11) is 0. The van der Waals surface area contributed by atoms with Crippen LogP contribution in [0.25, 0.3) is 0 Å². The minimum absolute atomic E-state index is 1.06. The van der Waals surface area contributed by atoms with E-state index < -0.39 is 0 Å². The molecule has 2 aliphatic rings. The average Bonchev–Trinajstić information content (AvgIpc) is 3.05. The molecule has 4 heteroatoms. The summed E-state index contributed by atoms with van der Waals surface area (Å²) >= 11 is 1.86. The van der Waals surface area contributed by atoms with Crippen molar-refractivity contribution < 1.29 is 0 Å². The molecule has 0 amide bonds. The monoisotopic (exact) mass is 259 g/mol. The summed E-state index contributed by atoms with van der Waals surface area (Å²) in [4.78, 5) is 4.03. The van der Waals surface area contributed by atoms with Crippen molar-refractivity contribution in [1.29, 1.82) is 0 Å². The second-order valence-electron chi connectivity index (χ2n) is 5.24. The van der Waals surface area contributed by atoms with Gasteiger partial charge in [0.15, 0.2) is 0 Å². The molecule has 3 nitrogen and oxygen atoms in total. The Morgan fingerprint density at radius 2 is 2.28 bits per heavy atom. The second-order valence-corrected chi connectivity index (χ2v) is 6.27. The van der Waals surface area contributed by atoms with Crippen molar-refractivity contribution in [2.24, 2.45) is 0 Å². The van der Waals surface area contributed by atoms with Crippen LogP contribution in [0.15, 0.2) is 17.5 Å². The Balaban J connectivity index is 1.57. The minimum atomic E-state index is 1.06. The molecular formula is C14H17N3S. The molecule has 0 unspecified atom stereocenters. The highest BCUT2D eigenvalue weighted by Crippen LogP contribution is 2.28. The van der Waals surface area contributed by atoms with Crippen LogP contribution in [-0.2, 0) is 32.5 Å². The highest BCUT2D eigenvalue weighted by molar-refractivity contribution is 7.09. The number of nitrogens with zero attached hydrogens (tertiary/aromatic N) is 3. The fourth-order valence-electron chi connectivity index (χ4n) is 3.16. The van der Waals surface area contributed by atoms with Crippen molar-refractivity contribution in [3.05, 3.63) is 39.3 Å². The van der Waals surface area contributed by atoms with Gasteiger partial charge in [-0.05, 0) is 36.3 Å². The molecule has 0 saturated heterocycles. The molecule has 1 aliphatic carbocycles. The maximum Gasteiger partial charge on any atom is 0.0660 e. The predicted octanol–water partition coefficient (Wildman–Crippen LogP) is 2.45. The van der Waals surface area contributed by atoms with Gasteiger partial charge in [0.05, 0.1) is 17.9 Å². The lowest BCUT2D eigenvalue weighted by atomic mass is 10.1. The molecule has 0 bridgehead atoms. The van der Waals surface area contributed by atoms with Crippen LogP contribution in [0, 0.1) is 0 Å². The molecule has 0 atom stereocenters. The van der Waals surface area contributed by atoms with Gasteiger partial charge >= 0.3 is 0 Å². The van der Waals surface area contributed by atoms with Gasteiger partial charge in [0.2, 0.25) is 0 Å². The molecule has 0 radical (unpaired) electrons. The Morgan fingerprint density at radius 1 is 1.28 bits per heavy atom. The molecule has 0 aromatic carbocycles. The number of thiophene rings is 1. The quantitative estimate of drug-likeness (QED) is 0.826. The summed E-state index contributed by atoms with van der Waals surface area (Å²) in [6.07, 6.45) is 3.74. The van der Waals surface area contributed by atoms with Gasteiger partial charge in [0.1, 0.15) is 0 Å². The summed E-state index contributed by atoms with van der Waals surface area (Å²) in [6.45, 7) is 4.37. The van der Waals surface area contributed by atoms with Crippen molar-refractivity contribution in [3.8, 4) is 0 Å². The third-order valence-corrected chi connectivity index (χ3v) is 4.91. The number of hydrogen-bond acceptors (Lipinski definition) is 3. The first-order chi connectivity index (χ1) is 8.90. The summed E-state index contributed by atoms with van der Waals surface area (Å²) < 4.78 is 2.26. The van der Waals surface area contributed by atoms with Gasteiger partial charge < -0.3 is 0 Å². The zero-order valence-corrected chi connectivity index (χ0v) is 11.2. The summed E-state index contributed by atoms with van der Waals surface area (Å²) in [6, 6.07) is 4.38. The first-order valence-electron chi connectivity index (χ1n) is 6.72. The Hall–Kier alpha value is -1.13. The summed E-state index contributed by atoms with van der Waals surface area (Å²) in [5, 5.41) is 6.92. The molecule has 0 saturated carbocycles. The van der Waals surface area contributed by atoms with Gasteiger partial charge in [-0.25, -0.2) is 0 Å². The standard InChI is InChI=1S/C14H17N3S/c1-4-12-13(5-1)15-17-7-6-16(10-14(12)17)9-11-3-2-8-18-11/h2-3,8H,1,4-7,9-10H2. The largest absolute Gasteiger partial charge is 0.291 e. The van der Waals surface area contributed by atoms with E-state index in [0.717, 1.165) is 26.2 Å². The highest BCUT2D eigenvalue weighted by atomic mass is 32.1. The van der Waals surface area contributed by atoms with Crippen LogP contribution in [0.5, 0.6) is 0 Å². The van der Waals surface area contributed by atoms with Crippen molar-refractivity contribution in [1.82, 2.24) is 14.7 Å². The SMILES string of the molecule is c1csc(CN2CCn3nc4c(c3C2)CCC4)c1. The van der Waals surface area contributed by atoms with E-state index in [1.807, 2.05) is 11.3 Å². The van der Waals surface area contributed by atoms with E-state index in [4.69, 9.17) is 5.10 Å². The Morgan fingerprint density at radius 3 is 3.17 bits per heavy atom. The van der Waals surface area contributed by atoms with Crippen LogP contribution < -0.4 is 0 Å². The lowest BCUT2D eigenvalue weighted by Crippen LogP contribution is -2.33. The van der Waals surface area contributed by atoms with Gasteiger partial charge in [0.25, 0.3) is 0 Å². The molecule has 94 valence electrons. The Kier molecular flexibility index (Phi) is 2.52. The van der Waals surface area contributed by atoms with E-state index >= 15 is 0 Å². The lowest BCUT2D eigenvalue weighted by Gasteiger charge is -2.27. The van der Waals surface area contributed by atoms with Crippen LogP contribution >= 0.6 is 11.3 Å². The molecule has 1 aliphatic heterocycles. The molecule has 4 rings (SSSR count). The van der Waals surface area contributed by atoms with Gasteiger partial charge in [-0.1, -0.05) is 6.07 Å². The van der Waals surface area contributed by atoms with Gasteiger partial charge in [-0.15, -0.1) is 11.3 Å². The maximum atomic E-state index is 4.76. The fourth-order valence-corrected chi connectivity index (χ4v) is 3.90. The highest BCUT2D eigenvalue weighted by Gasteiger charge is 2.26.